The number of hydrogen-bond acceptors (Lipinski definition) is 3. The maximum atomic E-state index is 6.21. The Morgan fingerprint density at radius 2 is 2.28 bits per heavy atom. The van der Waals surface area contributed by atoms with Gasteiger partial charge in [-0.3, -0.25) is 4.98 Å². The molecular formula is C14H15ClN2O. The molecule has 3 nitrogen and oxygen atoms in total. The predicted octanol–water partition coefficient (Wildman–Crippen LogP) is 3.11. The van der Waals surface area contributed by atoms with Crippen molar-refractivity contribution in [1.82, 2.24) is 4.98 Å². The fourth-order valence-corrected chi connectivity index (χ4v) is 2.73. The molecule has 1 aliphatic rings. The molecule has 1 atom stereocenters. The number of halogens is 1. The molecule has 2 heterocycles. The minimum absolute atomic E-state index is 0.319. The molecule has 0 radical (unpaired) electrons. The van der Waals surface area contributed by atoms with Crippen LogP contribution in [0.1, 0.15) is 6.42 Å². The van der Waals surface area contributed by atoms with Crippen LogP contribution >= 0.6 is 11.6 Å². The molecule has 94 valence electrons. The number of fused-ring (bicyclic) bond motifs is 1. The van der Waals surface area contributed by atoms with Crippen molar-refractivity contribution in [2.24, 2.45) is 0 Å². The quantitative estimate of drug-likeness (QED) is 0.832. The third-order valence-electron chi connectivity index (χ3n) is 3.51. The average Bonchev–Trinajstić information content (AvgIpc) is 2.88. The smallest absolute Gasteiger partial charge is 0.0950 e. The van der Waals surface area contributed by atoms with E-state index in [1.165, 1.54) is 0 Å². The fourth-order valence-electron chi connectivity index (χ4n) is 2.52. The van der Waals surface area contributed by atoms with Gasteiger partial charge in [0, 0.05) is 31.8 Å². The summed E-state index contributed by atoms with van der Waals surface area (Å²) in [4.78, 5) is 6.79. The van der Waals surface area contributed by atoms with E-state index >= 15 is 0 Å². The van der Waals surface area contributed by atoms with Gasteiger partial charge in [-0.2, -0.15) is 0 Å². The molecule has 1 aliphatic heterocycles. The van der Waals surface area contributed by atoms with E-state index in [9.17, 15) is 0 Å². The van der Waals surface area contributed by atoms with E-state index in [0.29, 0.717) is 6.10 Å². The normalized spacial score (nSPS) is 19.7. The second-order valence-corrected chi connectivity index (χ2v) is 4.97. The summed E-state index contributed by atoms with van der Waals surface area (Å²) in [6, 6.07) is 7.93. The Bertz CT molecular complexity index is 573. The van der Waals surface area contributed by atoms with Crippen molar-refractivity contribution in [3.8, 4) is 0 Å². The summed E-state index contributed by atoms with van der Waals surface area (Å²) in [7, 11) is 1.77. The Labute approximate surface area is 111 Å². The number of anilines is 1. The van der Waals surface area contributed by atoms with Crippen LogP contribution in [-0.4, -0.2) is 31.3 Å². The molecule has 18 heavy (non-hydrogen) atoms. The lowest BCUT2D eigenvalue weighted by Crippen LogP contribution is -2.22. The molecule has 2 aromatic rings. The van der Waals surface area contributed by atoms with Gasteiger partial charge in [0.1, 0.15) is 0 Å². The monoisotopic (exact) mass is 262 g/mol. The highest BCUT2D eigenvalue weighted by atomic mass is 35.5. The topological polar surface area (TPSA) is 25.4 Å². The lowest BCUT2D eigenvalue weighted by molar-refractivity contribution is 0.121. The summed E-state index contributed by atoms with van der Waals surface area (Å²) in [5.41, 5.74) is 2.12. The lowest BCUT2D eigenvalue weighted by atomic mass is 10.2. The average molecular weight is 263 g/mol. The minimum Gasteiger partial charge on any atom is -0.380 e. The van der Waals surface area contributed by atoms with E-state index in [0.717, 1.165) is 41.1 Å². The highest BCUT2D eigenvalue weighted by Crippen LogP contribution is 2.32. The van der Waals surface area contributed by atoms with Crippen molar-refractivity contribution in [3.63, 3.8) is 0 Å². The van der Waals surface area contributed by atoms with Crippen LogP contribution in [0.3, 0.4) is 0 Å². The van der Waals surface area contributed by atoms with E-state index in [2.05, 4.69) is 16.0 Å². The van der Waals surface area contributed by atoms with Gasteiger partial charge in [-0.05, 0) is 30.7 Å². The molecule has 1 aromatic heterocycles. The largest absolute Gasteiger partial charge is 0.380 e. The first-order valence-corrected chi connectivity index (χ1v) is 6.48. The third kappa shape index (κ3) is 1.93. The number of hydrogen-bond donors (Lipinski definition) is 0. The third-order valence-corrected chi connectivity index (χ3v) is 3.84. The molecule has 1 fully saturated rings. The van der Waals surface area contributed by atoms with Crippen molar-refractivity contribution in [2.75, 3.05) is 25.1 Å². The molecule has 0 spiro atoms. The van der Waals surface area contributed by atoms with Gasteiger partial charge in [0.15, 0.2) is 0 Å². The number of rotatable bonds is 2. The van der Waals surface area contributed by atoms with Crippen LogP contribution < -0.4 is 4.90 Å². The highest BCUT2D eigenvalue weighted by Gasteiger charge is 2.24. The Balaban J connectivity index is 2.05. The summed E-state index contributed by atoms with van der Waals surface area (Å²) in [6.07, 6.45) is 3.19. The van der Waals surface area contributed by atoms with Crippen molar-refractivity contribution in [2.45, 2.75) is 12.5 Å². The van der Waals surface area contributed by atoms with Crippen LogP contribution in [0.15, 0.2) is 30.5 Å². The maximum Gasteiger partial charge on any atom is 0.0950 e. The minimum atomic E-state index is 0.319. The number of nitrogens with zero attached hydrogens (tertiary/aromatic N) is 2. The van der Waals surface area contributed by atoms with Gasteiger partial charge in [-0.25, -0.2) is 0 Å². The first kappa shape index (κ1) is 11.8. The zero-order valence-electron chi connectivity index (χ0n) is 10.3. The molecular weight excluding hydrogens is 248 g/mol. The van der Waals surface area contributed by atoms with Crippen molar-refractivity contribution in [1.29, 1.82) is 0 Å². The zero-order chi connectivity index (χ0) is 12.5. The van der Waals surface area contributed by atoms with Gasteiger partial charge in [0.2, 0.25) is 0 Å². The van der Waals surface area contributed by atoms with Gasteiger partial charge in [-0.1, -0.05) is 11.6 Å². The van der Waals surface area contributed by atoms with Crippen LogP contribution in [0.2, 0.25) is 5.02 Å². The van der Waals surface area contributed by atoms with E-state index in [4.69, 9.17) is 16.3 Å². The number of pyridine rings is 1. The van der Waals surface area contributed by atoms with Crippen molar-refractivity contribution >= 4 is 28.2 Å². The summed E-state index contributed by atoms with van der Waals surface area (Å²) < 4.78 is 5.41. The fraction of sp³-hybridized carbons (Fsp3) is 0.357. The Kier molecular flexibility index (Phi) is 3.10. The number of methoxy groups -OCH3 is 1. The Morgan fingerprint density at radius 3 is 3.06 bits per heavy atom. The molecule has 1 saturated heterocycles. The first-order chi connectivity index (χ1) is 8.79. The Hall–Kier alpha value is -1.32. The van der Waals surface area contributed by atoms with Crippen molar-refractivity contribution in [3.05, 3.63) is 35.5 Å². The predicted molar refractivity (Wildman–Crippen MR) is 74.4 cm³/mol. The summed E-state index contributed by atoms with van der Waals surface area (Å²) in [5, 5.41) is 1.77. The van der Waals surface area contributed by atoms with Crippen LogP contribution in [-0.2, 0) is 4.74 Å². The molecule has 0 N–H and O–H groups in total. The highest BCUT2D eigenvalue weighted by molar-refractivity contribution is 6.35. The molecule has 1 aromatic carbocycles. The first-order valence-electron chi connectivity index (χ1n) is 6.10. The van der Waals surface area contributed by atoms with Crippen LogP contribution in [0, 0.1) is 0 Å². The second kappa shape index (κ2) is 4.75. The van der Waals surface area contributed by atoms with E-state index < -0.39 is 0 Å². The molecule has 0 bridgehead atoms. The summed E-state index contributed by atoms with van der Waals surface area (Å²) >= 11 is 6.21. The van der Waals surface area contributed by atoms with E-state index in [-0.39, 0.29) is 0 Å². The Morgan fingerprint density at radius 1 is 1.39 bits per heavy atom. The summed E-state index contributed by atoms with van der Waals surface area (Å²) in [5.74, 6) is 0. The maximum absolute atomic E-state index is 6.21. The molecule has 4 heteroatoms. The van der Waals surface area contributed by atoms with E-state index in [1.807, 2.05) is 24.4 Å². The molecule has 3 rings (SSSR count). The van der Waals surface area contributed by atoms with Crippen LogP contribution in [0.25, 0.3) is 10.9 Å². The lowest BCUT2D eigenvalue weighted by Gasteiger charge is -2.20. The second-order valence-electron chi connectivity index (χ2n) is 4.56. The standard InChI is InChI=1S/C14H15ClN2O/c1-18-10-6-8-17(9-10)13-5-4-12(15)11-3-2-7-16-14(11)13/h2-5,7,10H,6,8-9H2,1H3. The molecule has 0 amide bonds. The van der Waals surface area contributed by atoms with Gasteiger partial charge >= 0.3 is 0 Å². The van der Waals surface area contributed by atoms with Crippen LogP contribution in [0.5, 0.6) is 0 Å². The van der Waals surface area contributed by atoms with Crippen LogP contribution in [0.4, 0.5) is 5.69 Å². The molecule has 1 unspecified atom stereocenters. The van der Waals surface area contributed by atoms with Gasteiger partial charge in [0.25, 0.3) is 0 Å². The van der Waals surface area contributed by atoms with E-state index in [1.54, 1.807) is 7.11 Å². The van der Waals surface area contributed by atoms with Gasteiger partial charge in [-0.15, -0.1) is 0 Å². The number of aromatic nitrogens is 1. The van der Waals surface area contributed by atoms with Gasteiger partial charge in [0.05, 0.1) is 22.3 Å². The van der Waals surface area contributed by atoms with Crippen molar-refractivity contribution < 1.29 is 4.74 Å². The molecule has 0 saturated carbocycles. The number of ether oxygens (including phenoxy) is 1. The van der Waals surface area contributed by atoms with Gasteiger partial charge < -0.3 is 9.64 Å². The summed E-state index contributed by atoms with van der Waals surface area (Å²) in [6.45, 7) is 1.93. The molecule has 0 aliphatic carbocycles. The number of benzene rings is 1. The SMILES string of the molecule is COC1CCN(c2ccc(Cl)c3cccnc23)C1. The zero-order valence-corrected chi connectivity index (χ0v) is 11.0.